The molecule has 6 heteroatoms. The van der Waals surface area contributed by atoms with Crippen molar-refractivity contribution in [3.63, 3.8) is 0 Å². The molecule has 1 aliphatic heterocycles. The summed E-state index contributed by atoms with van der Waals surface area (Å²) in [5.74, 6) is 0.954. The molecule has 2 rings (SSSR count). The van der Waals surface area contributed by atoms with Gasteiger partial charge in [0.15, 0.2) is 5.96 Å². The van der Waals surface area contributed by atoms with Gasteiger partial charge in [-0.1, -0.05) is 6.07 Å². The number of guanidine groups is 1. The van der Waals surface area contributed by atoms with Crippen molar-refractivity contribution in [3.8, 4) is 0 Å². The molecule has 120 valence electrons. The summed E-state index contributed by atoms with van der Waals surface area (Å²) in [6.45, 7) is 2.74. The second kappa shape index (κ2) is 10.4. The van der Waals surface area contributed by atoms with E-state index in [1.165, 1.54) is 17.7 Å². The van der Waals surface area contributed by atoms with Gasteiger partial charge in [-0.15, -0.1) is 35.3 Å². The van der Waals surface area contributed by atoms with E-state index >= 15 is 0 Å². The van der Waals surface area contributed by atoms with Gasteiger partial charge in [0, 0.05) is 38.7 Å². The lowest BCUT2D eigenvalue weighted by molar-refractivity contribution is 0.0192. The molecule has 1 unspecified atom stereocenters. The number of halogens is 1. The Balaban J connectivity index is 0.00000220. The van der Waals surface area contributed by atoms with E-state index in [2.05, 4.69) is 39.8 Å². The Morgan fingerprint density at radius 3 is 3.00 bits per heavy atom. The first-order valence-corrected chi connectivity index (χ1v) is 8.23. The van der Waals surface area contributed by atoms with Crippen LogP contribution in [0.1, 0.15) is 24.1 Å². The number of thiophene rings is 1. The standard InChI is InChI=1S/C15H25N3OS.HI/c1-16-15(17-12-13-6-3-4-10-19-13)18(2)9-8-14-7-5-11-20-14;/h5,7,11,13H,3-4,6,8-10,12H2,1-2H3,(H,16,17);1H. The Hall–Kier alpha value is -0.340. The van der Waals surface area contributed by atoms with Crippen molar-refractivity contribution in [2.75, 3.05) is 33.8 Å². The van der Waals surface area contributed by atoms with Gasteiger partial charge in [-0.2, -0.15) is 0 Å². The van der Waals surface area contributed by atoms with Crippen molar-refractivity contribution in [2.45, 2.75) is 31.8 Å². The molecule has 1 aromatic heterocycles. The van der Waals surface area contributed by atoms with Crippen LogP contribution in [-0.2, 0) is 11.2 Å². The SMILES string of the molecule is CN=C(NCC1CCCCO1)N(C)CCc1cccs1.I. The van der Waals surface area contributed by atoms with Crippen molar-refractivity contribution < 1.29 is 4.74 Å². The van der Waals surface area contributed by atoms with Crippen LogP contribution in [0, 0.1) is 0 Å². The average molecular weight is 423 g/mol. The molecular formula is C15H26IN3OS. The summed E-state index contributed by atoms with van der Waals surface area (Å²) in [6, 6.07) is 4.29. The highest BCUT2D eigenvalue weighted by atomic mass is 127. The summed E-state index contributed by atoms with van der Waals surface area (Å²) in [4.78, 5) is 7.95. The van der Waals surface area contributed by atoms with Gasteiger partial charge < -0.3 is 15.0 Å². The second-order valence-corrected chi connectivity index (χ2v) is 6.20. The third-order valence-corrected chi connectivity index (χ3v) is 4.55. The zero-order valence-electron chi connectivity index (χ0n) is 12.9. The minimum Gasteiger partial charge on any atom is -0.376 e. The summed E-state index contributed by atoms with van der Waals surface area (Å²) in [5.41, 5.74) is 0. The number of likely N-dealkylation sites (N-methyl/N-ethyl adjacent to an activating group) is 1. The zero-order chi connectivity index (χ0) is 14.2. The van der Waals surface area contributed by atoms with Gasteiger partial charge in [0.25, 0.3) is 0 Å². The molecule has 2 heterocycles. The fraction of sp³-hybridized carbons (Fsp3) is 0.667. The Morgan fingerprint density at radius 1 is 1.52 bits per heavy atom. The number of nitrogens with one attached hydrogen (secondary N) is 1. The number of nitrogens with zero attached hydrogens (tertiary/aromatic N) is 2. The molecule has 0 aromatic carbocycles. The van der Waals surface area contributed by atoms with Gasteiger partial charge in [-0.25, -0.2) is 0 Å². The maximum Gasteiger partial charge on any atom is 0.193 e. The predicted octanol–water partition coefficient (Wildman–Crippen LogP) is 2.98. The van der Waals surface area contributed by atoms with E-state index in [0.717, 1.165) is 38.5 Å². The lowest BCUT2D eigenvalue weighted by Gasteiger charge is -2.26. The van der Waals surface area contributed by atoms with Crippen molar-refractivity contribution >= 4 is 41.3 Å². The molecular weight excluding hydrogens is 397 g/mol. The first-order chi connectivity index (χ1) is 9.79. The van der Waals surface area contributed by atoms with Crippen molar-refractivity contribution in [3.05, 3.63) is 22.4 Å². The third kappa shape index (κ3) is 6.52. The first-order valence-electron chi connectivity index (χ1n) is 7.35. The molecule has 0 radical (unpaired) electrons. The van der Waals surface area contributed by atoms with Gasteiger partial charge in [0.1, 0.15) is 0 Å². The summed E-state index contributed by atoms with van der Waals surface area (Å²) >= 11 is 1.81. The monoisotopic (exact) mass is 423 g/mol. The summed E-state index contributed by atoms with van der Waals surface area (Å²) in [7, 11) is 3.93. The molecule has 1 saturated heterocycles. The highest BCUT2D eigenvalue weighted by Gasteiger charge is 2.15. The molecule has 0 amide bonds. The van der Waals surface area contributed by atoms with Crippen LogP contribution in [0.2, 0.25) is 0 Å². The van der Waals surface area contributed by atoms with E-state index < -0.39 is 0 Å². The van der Waals surface area contributed by atoms with Crippen molar-refractivity contribution in [2.24, 2.45) is 4.99 Å². The van der Waals surface area contributed by atoms with E-state index in [9.17, 15) is 0 Å². The van der Waals surface area contributed by atoms with E-state index in [-0.39, 0.29) is 24.0 Å². The Morgan fingerprint density at radius 2 is 2.38 bits per heavy atom. The Bertz CT molecular complexity index is 405. The predicted molar refractivity (Wildman–Crippen MR) is 101 cm³/mol. The normalized spacial score (nSPS) is 19.0. The molecule has 0 saturated carbocycles. The van der Waals surface area contributed by atoms with E-state index in [0.29, 0.717) is 6.10 Å². The maximum atomic E-state index is 5.74. The topological polar surface area (TPSA) is 36.9 Å². The third-order valence-electron chi connectivity index (χ3n) is 3.61. The first kappa shape index (κ1) is 18.7. The highest BCUT2D eigenvalue weighted by Crippen LogP contribution is 2.12. The largest absolute Gasteiger partial charge is 0.376 e. The average Bonchev–Trinajstić information content (AvgIpc) is 3.00. The quantitative estimate of drug-likeness (QED) is 0.450. The van der Waals surface area contributed by atoms with Gasteiger partial charge in [-0.3, -0.25) is 4.99 Å². The number of ether oxygens (including phenoxy) is 1. The van der Waals surface area contributed by atoms with Gasteiger partial charge >= 0.3 is 0 Å². The van der Waals surface area contributed by atoms with Crippen LogP contribution in [0.25, 0.3) is 0 Å². The summed E-state index contributed by atoms with van der Waals surface area (Å²) < 4.78 is 5.74. The molecule has 1 aliphatic rings. The van der Waals surface area contributed by atoms with Gasteiger partial charge in [-0.05, 0) is 37.1 Å². The Kier molecular flexibility index (Phi) is 9.26. The molecule has 4 nitrogen and oxygen atoms in total. The molecule has 1 aromatic rings. The summed E-state index contributed by atoms with van der Waals surface area (Å²) in [5, 5.41) is 5.55. The van der Waals surface area contributed by atoms with Crippen LogP contribution in [0.15, 0.2) is 22.5 Å². The van der Waals surface area contributed by atoms with Crippen LogP contribution in [0.5, 0.6) is 0 Å². The van der Waals surface area contributed by atoms with Crippen molar-refractivity contribution in [1.82, 2.24) is 10.2 Å². The van der Waals surface area contributed by atoms with Gasteiger partial charge in [0.05, 0.1) is 6.10 Å². The smallest absolute Gasteiger partial charge is 0.193 e. The molecule has 0 spiro atoms. The minimum atomic E-state index is 0. The van der Waals surface area contributed by atoms with Crippen LogP contribution >= 0.6 is 35.3 Å². The second-order valence-electron chi connectivity index (χ2n) is 5.17. The van der Waals surface area contributed by atoms with Gasteiger partial charge in [0.2, 0.25) is 0 Å². The lowest BCUT2D eigenvalue weighted by atomic mass is 10.1. The molecule has 1 atom stereocenters. The fourth-order valence-electron chi connectivity index (χ4n) is 2.40. The highest BCUT2D eigenvalue weighted by molar-refractivity contribution is 14.0. The molecule has 21 heavy (non-hydrogen) atoms. The lowest BCUT2D eigenvalue weighted by Crippen LogP contribution is -2.44. The fourth-order valence-corrected chi connectivity index (χ4v) is 3.10. The zero-order valence-corrected chi connectivity index (χ0v) is 16.0. The minimum absolute atomic E-state index is 0. The molecule has 1 N–H and O–H groups in total. The number of rotatable bonds is 5. The van der Waals surface area contributed by atoms with Crippen LogP contribution < -0.4 is 5.32 Å². The van der Waals surface area contributed by atoms with Crippen molar-refractivity contribution in [1.29, 1.82) is 0 Å². The van der Waals surface area contributed by atoms with E-state index in [4.69, 9.17) is 4.74 Å². The maximum absolute atomic E-state index is 5.74. The Labute approximate surface area is 149 Å². The van der Waals surface area contributed by atoms with E-state index in [1.54, 1.807) is 0 Å². The number of hydrogen-bond donors (Lipinski definition) is 1. The van der Waals surface area contributed by atoms with Crippen LogP contribution in [-0.4, -0.2) is 50.8 Å². The number of hydrogen-bond acceptors (Lipinski definition) is 3. The van der Waals surface area contributed by atoms with E-state index in [1.807, 2.05) is 18.4 Å². The molecule has 1 fully saturated rings. The van der Waals surface area contributed by atoms with Crippen LogP contribution in [0.3, 0.4) is 0 Å². The summed E-state index contributed by atoms with van der Waals surface area (Å²) in [6.07, 6.45) is 5.04. The van der Waals surface area contributed by atoms with Crippen LogP contribution in [0.4, 0.5) is 0 Å². The molecule has 0 bridgehead atoms. The molecule has 0 aliphatic carbocycles. The number of aliphatic imine (C=N–C) groups is 1.